The second kappa shape index (κ2) is 10.4. The number of carbonyl (C=O) groups is 1. The highest BCUT2D eigenvalue weighted by atomic mass is 32.2. The quantitative estimate of drug-likeness (QED) is 0.351. The lowest BCUT2D eigenvalue weighted by molar-refractivity contribution is 0.102. The summed E-state index contributed by atoms with van der Waals surface area (Å²) >= 11 is 1.55. The summed E-state index contributed by atoms with van der Waals surface area (Å²) in [4.78, 5) is 13.7. The Morgan fingerprint density at radius 1 is 1.03 bits per heavy atom. The number of anilines is 2. The monoisotopic (exact) mass is 468 g/mol. The highest BCUT2D eigenvalue weighted by Gasteiger charge is 2.21. The zero-order valence-electron chi connectivity index (χ0n) is 17.8. The molecule has 1 N–H and O–H groups in total. The molecular formula is C24H24N2O4S2. The molecule has 6 nitrogen and oxygen atoms in total. The number of benzene rings is 3. The van der Waals surface area contributed by atoms with Crippen molar-refractivity contribution in [2.45, 2.75) is 9.79 Å². The summed E-state index contributed by atoms with van der Waals surface area (Å²) in [6, 6.07) is 20.1. The van der Waals surface area contributed by atoms with Crippen LogP contribution in [-0.4, -0.2) is 34.2 Å². The van der Waals surface area contributed by atoms with Gasteiger partial charge in [0, 0.05) is 23.2 Å². The van der Waals surface area contributed by atoms with Crippen LogP contribution in [0.25, 0.3) is 0 Å². The third-order valence-corrected chi connectivity index (χ3v) is 7.23. The van der Waals surface area contributed by atoms with Crippen LogP contribution in [0.4, 0.5) is 11.4 Å². The highest BCUT2D eigenvalue weighted by Crippen LogP contribution is 2.25. The first kappa shape index (κ1) is 23.4. The highest BCUT2D eigenvalue weighted by molar-refractivity contribution is 7.98. The van der Waals surface area contributed by atoms with Gasteiger partial charge >= 0.3 is 0 Å². The van der Waals surface area contributed by atoms with Crippen molar-refractivity contribution in [1.82, 2.24) is 0 Å². The zero-order valence-corrected chi connectivity index (χ0v) is 19.4. The molecule has 0 heterocycles. The van der Waals surface area contributed by atoms with Gasteiger partial charge in [0.15, 0.2) is 0 Å². The summed E-state index contributed by atoms with van der Waals surface area (Å²) in [6.45, 7) is 4.01. The Labute approximate surface area is 193 Å². The van der Waals surface area contributed by atoms with Crippen molar-refractivity contribution in [3.05, 3.63) is 91.0 Å². The topological polar surface area (TPSA) is 75.7 Å². The van der Waals surface area contributed by atoms with Crippen molar-refractivity contribution in [1.29, 1.82) is 0 Å². The standard InChI is InChI=1S/C24H24N2O4S2/c1-4-17-30-21-11-7-19(8-12-21)25-24(27)18-5-9-20(10-6-18)26(2)32(28,29)23-15-13-22(31-3)14-16-23/h4-16H,1,17H2,2-3H3,(H,25,27). The van der Waals surface area contributed by atoms with Crippen LogP contribution >= 0.6 is 11.8 Å². The molecule has 0 saturated carbocycles. The van der Waals surface area contributed by atoms with Crippen LogP contribution in [-0.2, 0) is 10.0 Å². The molecule has 0 aromatic heterocycles. The van der Waals surface area contributed by atoms with E-state index in [4.69, 9.17) is 4.74 Å². The first-order valence-electron chi connectivity index (χ1n) is 9.73. The van der Waals surface area contributed by atoms with Gasteiger partial charge in [0.2, 0.25) is 0 Å². The summed E-state index contributed by atoms with van der Waals surface area (Å²) in [7, 11) is -2.22. The number of thioether (sulfide) groups is 1. The molecule has 0 atom stereocenters. The minimum absolute atomic E-state index is 0.208. The number of nitrogens with zero attached hydrogens (tertiary/aromatic N) is 1. The van der Waals surface area contributed by atoms with Crippen LogP contribution in [0.3, 0.4) is 0 Å². The minimum Gasteiger partial charge on any atom is -0.490 e. The van der Waals surface area contributed by atoms with Gasteiger partial charge in [-0.05, 0) is 79.1 Å². The second-order valence-corrected chi connectivity index (χ2v) is 9.62. The van der Waals surface area contributed by atoms with E-state index >= 15 is 0 Å². The first-order valence-corrected chi connectivity index (χ1v) is 12.4. The van der Waals surface area contributed by atoms with E-state index in [0.717, 1.165) is 4.90 Å². The molecule has 1 amide bonds. The van der Waals surface area contributed by atoms with E-state index in [0.29, 0.717) is 29.3 Å². The smallest absolute Gasteiger partial charge is 0.264 e. The van der Waals surface area contributed by atoms with Crippen molar-refractivity contribution >= 4 is 39.1 Å². The molecule has 3 aromatic carbocycles. The summed E-state index contributed by atoms with van der Waals surface area (Å²) in [5, 5.41) is 2.81. The van der Waals surface area contributed by atoms with Gasteiger partial charge in [0.1, 0.15) is 12.4 Å². The van der Waals surface area contributed by atoms with Gasteiger partial charge in [0.25, 0.3) is 15.9 Å². The maximum atomic E-state index is 12.9. The van der Waals surface area contributed by atoms with Crippen molar-refractivity contribution in [3.8, 4) is 5.75 Å². The molecule has 0 spiro atoms. The Morgan fingerprint density at radius 3 is 2.22 bits per heavy atom. The van der Waals surface area contributed by atoms with Crippen LogP contribution in [0.1, 0.15) is 10.4 Å². The summed E-state index contributed by atoms with van der Waals surface area (Å²) in [6.07, 6.45) is 3.59. The number of nitrogens with one attached hydrogen (secondary N) is 1. The molecule has 3 aromatic rings. The van der Waals surface area contributed by atoms with Gasteiger partial charge in [-0.1, -0.05) is 12.7 Å². The lowest BCUT2D eigenvalue weighted by atomic mass is 10.2. The molecule has 3 rings (SSSR count). The van der Waals surface area contributed by atoms with Gasteiger partial charge < -0.3 is 10.1 Å². The summed E-state index contributed by atoms with van der Waals surface area (Å²) < 4.78 is 32.4. The Kier molecular flexibility index (Phi) is 7.61. The van der Waals surface area contributed by atoms with Crippen LogP contribution in [0.15, 0.2) is 95.2 Å². The molecule has 0 saturated heterocycles. The van der Waals surface area contributed by atoms with Crippen LogP contribution in [0, 0.1) is 0 Å². The fourth-order valence-electron chi connectivity index (χ4n) is 2.86. The Hall–Kier alpha value is -3.23. The van der Waals surface area contributed by atoms with Gasteiger partial charge in [-0.3, -0.25) is 9.10 Å². The molecule has 0 unspecified atom stereocenters. The number of amides is 1. The molecule has 0 aliphatic carbocycles. The number of carbonyl (C=O) groups excluding carboxylic acids is 1. The SMILES string of the molecule is C=CCOc1ccc(NC(=O)c2ccc(N(C)S(=O)(=O)c3ccc(SC)cc3)cc2)cc1. The lowest BCUT2D eigenvalue weighted by Crippen LogP contribution is -2.26. The summed E-state index contributed by atoms with van der Waals surface area (Å²) in [5.74, 6) is 0.383. The Morgan fingerprint density at radius 2 is 1.66 bits per heavy atom. The van der Waals surface area contributed by atoms with Crippen LogP contribution in [0.5, 0.6) is 5.75 Å². The number of sulfonamides is 1. The zero-order chi connectivity index (χ0) is 23.1. The van der Waals surface area contributed by atoms with Crippen molar-refractivity contribution in [2.24, 2.45) is 0 Å². The molecule has 0 radical (unpaired) electrons. The van der Waals surface area contributed by atoms with Crippen molar-refractivity contribution in [2.75, 3.05) is 29.5 Å². The summed E-state index contributed by atoms with van der Waals surface area (Å²) in [5.41, 5.74) is 1.49. The van der Waals surface area contributed by atoms with E-state index in [-0.39, 0.29) is 10.8 Å². The van der Waals surface area contributed by atoms with Gasteiger partial charge in [0.05, 0.1) is 10.6 Å². The molecule has 0 bridgehead atoms. The third kappa shape index (κ3) is 5.52. The number of ether oxygens (including phenoxy) is 1. The molecule has 32 heavy (non-hydrogen) atoms. The molecule has 166 valence electrons. The maximum absolute atomic E-state index is 12.9. The molecule has 0 fully saturated rings. The van der Waals surface area contributed by atoms with Crippen LogP contribution in [0.2, 0.25) is 0 Å². The first-order chi connectivity index (χ1) is 15.3. The van der Waals surface area contributed by atoms with Gasteiger partial charge in [-0.15, -0.1) is 11.8 Å². The normalized spacial score (nSPS) is 10.9. The fraction of sp³-hybridized carbons (Fsp3) is 0.125. The number of rotatable bonds is 9. The molecule has 0 aliphatic rings. The molecule has 0 aliphatic heterocycles. The molecule has 8 heteroatoms. The molecular weight excluding hydrogens is 444 g/mol. The van der Waals surface area contributed by atoms with E-state index in [1.807, 2.05) is 6.26 Å². The maximum Gasteiger partial charge on any atom is 0.264 e. The predicted molar refractivity (Wildman–Crippen MR) is 130 cm³/mol. The number of hydrogen-bond donors (Lipinski definition) is 1. The van der Waals surface area contributed by atoms with E-state index in [1.54, 1.807) is 90.6 Å². The minimum atomic E-state index is -3.70. The average molecular weight is 469 g/mol. The Bertz CT molecular complexity index is 1170. The van der Waals surface area contributed by atoms with Gasteiger partial charge in [-0.25, -0.2) is 8.42 Å². The lowest BCUT2D eigenvalue weighted by Gasteiger charge is -2.20. The van der Waals surface area contributed by atoms with Gasteiger partial charge in [-0.2, -0.15) is 0 Å². The van der Waals surface area contributed by atoms with E-state index in [2.05, 4.69) is 11.9 Å². The van der Waals surface area contributed by atoms with Crippen molar-refractivity contribution < 1.29 is 17.9 Å². The van der Waals surface area contributed by atoms with Crippen molar-refractivity contribution in [3.63, 3.8) is 0 Å². The number of hydrogen-bond acceptors (Lipinski definition) is 5. The van der Waals surface area contributed by atoms with E-state index in [9.17, 15) is 13.2 Å². The van der Waals surface area contributed by atoms with Crippen LogP contribution < -0.4 is 14.4 Å². The average Bonchev–Trinajstić information content (AvgIpc) is 2.83. The second-order valence-electron chi connectivity index (χ2n) is 6.77. The fourth-order valence-corrected chi connectivity index (χ4v) is 4.46. The predicted octanol–water partition coefficient (Wildman–Crippen LogP) is 5.05. The third-order valence-electron chi connectivity index (χ3n) is 4.69. The largest absolute Gasteiger partial charge is 0.490 e. The Balaban J connectivity index is 1.69. The van der Waals surface area contributed by atoms with E-state index in [1.165, 1.54) is 11.4 Å². The van der Waals surface area contributed by atoms with E-state index < -0.39 is 10.0 Å².